The minimum atomic E-state index is -2.65. The van der Waals surface area contributed by atoms with Crippen molar-refractivity contribution in [3.05, 3.63) is 87.8 Å². The first-order valence-corrected chi connectivity index (χ1v) is 26.3. The van der Waals surface area contributed by atoms with E-state index >= 15 is 0 Å². The number of nitrogens with zero attached hydrogens (tertiary/aromatic N) is 13. The third-order valence-electron chi connectivity index (χ3n) is 17.1. The highest BCUT2D eigenvalue weighted by atomic mass is 35.5. The van der Waals surface area contributed by atoms with E-state index in [-0.39, 0.29) is 22.9 Å². The van der Waals surface area contributed by atoms with Crippen LogP contribution >= 0.6 is 11.6 Å². The van der Waals surface area contributed by atoms with Crippen molar-refractivity contribution < 1.29 is 13.6 Å². The van der Waals surface area contributed by atoms with Crippen LogP contribution in [0.1, 0.15) is 106 Å². The summed E-state index contributed by atoms with van der Waals surface area (Å²) in [7, 11) is 1.80. The quantitative estimate of drug-likeness (QED) is 0.141. The SMILES string of the molecule is CC(=O)N1CCc2c(c(N3CCCc4cc(-c5cnn(C)c5)c(C(F)F)cc43)nn2C2CCN(C[C@@H]3CCN(c4ccc(N5CCC6(CC5)C[C@H](C)N(c5ccc(C#N)c(Cl)c5)C6)nn4)C[C@@H]3C)CC2)C1. The Bertz CT molecular complexity index is 2810. The van der Waals surface area contributed by atoms with E-state index in [1.807, 2.05) is 29.2 Å². The number of carbonyl (C=O) groups is 1. The van der Waals surface area contributed by atoms with Gasteiger partial charge < -0.3 is 29.4 Å². The minimum absolute atomic E-state index is 0.000928. The lowest BCUT2D eigenvalue weighted by atomic mass is 9.77. The zero-order valence-electron chi connectivity index (χ0n) is 41.6. The summed E-state index contributed by atoms with van der Waals surface area (Å²) in [6, 6.07) is 16.6. The van der Waals surface area contributed by atoms with Gasteiger partial charge in [-0.3, -0.25) is 14.2 Å². The molecular formula is C54H66ClF2N13O. The van der Waals surface area contributed by atoms with Gasteiger partial charge in [0.25, 0.3) is 6.43 Å². The Morgan fingerprint density at radius 2 is 1.72 bits per heavy atom. The van der Waals surface area contributed by atoms with Crippen LogP contribution in [0.3, 0.4) is 0 Å². The minimum Gasteiger partial charge on any atom is -0.368 e. The Kier molecular flexibility index (Phi) is 12.9. The molecule has 2 aromatic carbocycles. The average molecular weight is 987 g/mol. The summed E-state index contributed by atoms with van der Waals surface area (Å²) in [6.07, 6.45) is 9.65. The van der Waals surface area contributed by atoms with Crippen LogP contribution in [-0.2, 0) is 31.2 Å². The summed E-state index contributed by atoms with van der Waals surface area (Å²) in [4.78, 5) is 26.7. The summed E-state index contributed by atoms with van der Waals surface area (Å²) in [6.45, 7) is 16.0. The molecule has 3 aromatic heterocycles. The second-order valence-electron chi connectivity index (χ2n) is 21.6. The molecule has 0 bridgehead atoms. The van der Waals surface area contributed by atoms with Crippen LogP contribution in [-0.4, -0.2) is 117 Å². The van der Waals surface area contributed by atoms with Gasteiger partial charge in [0, 0.05) is 132 Å². The predicted octanol–water partition coefficient (Wildman–Crippen LogP) is 9.21. The molecule has 6 aliphatic heterocycles. The number of rotatable bonds is 9. The van der Waals surface area contributed by atoms with E-state index in [0.717, 1.165) is 150 Å². The molecule has 0 aliphatic carbocycles. The van der Waals surface area contributed by atoms with Gasteiger partial charge >= 0.3 is 0 Å². The maximum absolute atomic E-state index is 14.8. The van der Waals surface area contributed by atoms with Gasteiger partial charge in [0.2, 0.25) is 5.91 Å². The fraction of sp³-hybridized carbons (Fsp3) is 0.556. The number of aromatic nitrogens is 6. The highest BCUT2D eigenvalue weighted by molar-refractivity contribution is 6.32. The number of carbonyl (C=O) groups excluding carboxylic acids is 1. The van der Waals surface area contributed by atoms with Crippen LogP contribution in [0.15, 0.2) is 54.9 Å². The number of anilines is 5. The molecule has 0 N–H and O–H groups in total. The monoisotopic (exact) mass is 986 g/mol. The van der Waals surface area contributed by atoms with E-state index in [1.54, 1.807) is 37.1 Å². The van der Waals surface area contributed by atoms with Crippen LogP contribution in [0.4, 0.5) is 37.6 Å². The van der Waals surface area contributed by atoms with Gasteiger partial charge in [-0.25, -0.2) is 8.78 Å². The van der Waals surface area contributed by atoms with Gasteiger partial charge in [-0.2, -0.15) is 15.5 Å². The second-order valence-corrected chi connectivity index (χ2v) is 22.0. The lowest BCUT2D eigenvalue weighted by Gasteiger charge is -2.41. The zero-order chi connectivity index (χ0) is 49.1. The summed E-state index contributed by atoms with van der Waals surface area (Å²) in [5, 5.41) is 29.1. The van der Waals surface area contributed by atoms with Crippen LogP contribution < -0.4 is 19.6 Å². The molecule has 5 aromatic rings. The van der Waals surface area contributed by atoms with E-state index in [2.05, 4.69) is 66.3 Å². The lowest BCUT2D eigenvalue weighted by molar-refractivity contribution is -0.129. The number of nitriles is 1. The molecule has 1 spiro atoms. The van der Waals surface area contributed by atoms with Crippen molar-refractivity contribution in [2.24, 2.45) is 24.3 Å². The van der Waals surface area contributed by atoms with E-state index in [4.69, 9.17) is 26.9 Å². The second kappa shape index (κ2) is 19.3. The molecule has 1 amide bonds. The first-order chi connectivity index (χ1) is 34.3. The largest absolute Gasteiger partial charge is 0.368 e. The Morgan fingerprint density at radius 1 is 0.944 bits per heavy atom. The number of likely N-dealkylation sites (tertiary alicyclic amines) is 1. The van der Waals surface area contributed by atoms with Crippen LogP contribution in [0.25, 0.3) is 11.1 Å². The maximum atomic E-state index is 14.8. The molecule has 9 heterocycles. The van der Waals surface area contributed by atoms with Gasteiger partial charge in [-0.1, -0.05) is 18.5 Å². The Labute approximate surface area is 421 Å². The highest BCUT2D eigenvalue weighted by Crippen LogP contribution is 2.47. The van der Waals surface area contributed by atoms with Crippen molar-refractivity contribution in [1.29, 1.82) is 5.26 Å². The number of halogens is 3. The normalized spacial score (nSPS) is 22.9. The third kappa shape index (κ3) is 9.22. The summed E-state index contributed by atoms with van der Waals surface area (Å²) < 4.78 is 33.5. The zero-order valence-corrected chi connectivity index (χ0v) is 42.3. The molecule has 6 aliphatic rings. The molecule has 374 valence electrons. The maximum Gasteiger partial charge on any atom is 0.264 e. The first-order valence-electron chi connectivity index (χ1n) is 25.9. The van der Waals surface area contributed by atoms with E-state index in [0.29, 0.717) is 59.2 Å². The van der Waals surface area contributed by atoms with Crippen molar-refractivity contribution in [3.8, 4) is 17.2 Å². The van der Waals surface area contributed by atoms with Crippen molar-refractivity contribution in [2.45, 2.75) is 104 Å². The molecule has 4 fully saturated rings. The van der Waals surface area contributed by atoms with Crippen molar-refractivity contribution in [3.63, 3.8) is 0 Å². The molecule has 3 atom stereocenters. The molecule has 11 rings (SSSR count). The van der Waals surface area contributed by atoms with Gasteiger partial charge in [0.1, 0.15) is 6.07 Å². The topological polar surface area (TPSA) is 122 Å². The molecule has 71 heavy (non-hydrogen) atoms. The molecule has 17 heteroatoms. The molecular weight excluding hydrogens is 920 g/mol. The number of aryl methyl sites for hydroxylation is 2. The number of amides is 1. The number of alkyl halides is 2. The van der Waals surface area contributed by atoms with E-state index < -0.39 is 6.43 Å². The van der Waals surface area contributed by atoms with Crippen LogP contribution in [0.5, 0.6) is 0 Å². The van der Waals surface area contributed by atoms with Crippen molar-refractivity contribution in [2.75, 3.05) is 85.0 Å². The summed E-state index contributed by atoms with van der Waals surface area (Å²) >= 11 is 6.42. The smallest absolute Gasteiger partial charge is 0.264 e. The van der Waals surface area contributed by atoms with E-state index in [9.17, 15) is 18.8 Å². The average Bonchev–Trinajstić information content (AvgIpc) is 4.08. The standard InChI is InChI=1S/C54H66ClF2N13O/c1-35-30-67(51-10-9-50(60-61-51)65-22-15-54(16-23-65)27-36(2)69(34-54)43-8-7-39(28-58)47(55)25-43)20-11-40(35)32-64-18-12-42(13-19-64)70-48-14-21-66(37(3)71)33-46(48)53(62-70)68-17-5-6-38-24-44(41-29-59-63(4)31-41)45(52(56)57)26-49(38)68/h7-10,24-26,29,31,35-36,40,42,52H,5-6,11-23,27,30,32-34H2,1-4H3/t35-,36-,40-/m0/s1. The Hall–Kier alpha value is -5.79. The fourth-order valence-corrected chi connectivity index (χ4v) is 13.3. The third-order valence-corrected chi connectivity index (χ3v) is 17.5. The highest BCUT2D eigenvalue weighted by Gasteiger charge is 2.45. The van der Waals surface area contributed by atoms with Crippen molar-refractivity contribution >= 4 is 46.3 Å². The van der Waals surface area contributed by atoms with Crippen molar-refractivity contribution in [1.82, 2.24) is 39.6 Å². The summed E-state index contributed by atoms with van der Waals surface area (Å²) in [5.41, 5.74) is 7.15. The lowest BCUT2D eigenvalue weighted by Crippen LogP contribution is -2.46. The first kappa shape index (κ1) is 47.5. The molecule has 4 saturated heterocycles. The van der Waals surface area contributed by atoms with Crippen LogP contribution in [0, 0.1) is 28.6 Å². The Balaban J connectivity index is 0.704. The fourth-order valence-electron chi connectivity index (χ4n) is 13.1. The molecule has 14 nitrogen and oxygen atoms in total. The molecule has 0 unspecified atom stereocenters. The van der Waals surface area contributed by atoms with Gasteiger partial charge in [-0.15, -0.1) is 10.2 Å². The number of benzene rings is 2. The Morgan fingerprint density at radius 3 is 2.39 bits per heavy atom. The number of hydrogen-bond acceptors (Lipinski definition) is 11. The van der Waals surface area contributed by atoms with E-state index in [1.165, 1.54) is 5.69 Å². The number of hydrogen-bond donors (Lipinski definition) is 0. The molecule has 0 radical (unpaired) electrons. The summed E-state index contributed by atoms with van der Waals surface area (Å²) in [5.74, 6) is 3.87. The van der Waals surface area contributed by atoms with Gasteiger partial charge in [-0.05, 0) is 129 Å². The molecule has 0 saturated carbocycles. The number of fused-ring (bicyclic) bond motifs is 2. The van der Waals surface area contributed by atoms with Gasteiger partial charge in [0.05, 0.1) is 29.4 Å². The van der Waals surface area contributed by atoms with Crippen LogP contribution in [0.2, 0.25) is 5.02 Å². The van der Waals surface area contributed by atoms with Gasteiger partial charge in [0.15, 0.2) is 17.5 Å². The number of piperidine rings is 3. The predicted molar refractivity (Wildman–Crippen MR) is 274 cm³/mol.